The fraction of sp³-hybridized carbons (Fsp3) is 0.467. The topological polar surface area (TPSA) is 90.7 Å². The Morgan fingerprint density at radius 2 is 1.86 bits per heavy atom. The summed E-state index contributed by atoms with van der Waals surface area (Å²) in [6, 6.07) is 8.57. The van der Waals surface area contributed by atoms with Gasteiger partial charge in [0, 0.05) is 0 Å². The van der Waals surface area contributed by atoms with Crippen molar-refractivity contribution in [1.29, 1.82) is 0 Å². The molecule has 116 valence electrons. The Bertz CT molecular complexity index is 468. The third-order valence-corrected chi connectivity index (χ3v) is 2.43. The van der Waals surface area contributed by atoms with Crippen LogP contribution in [0.4, 0.5) is 4.79 Å². The van der Waals surface area contributed by atoms with Crippen LogP contribution in [0.1, 0.15) is 26.3 Å². The zero-order valence-electron chi connectivity index (χ0n) is 12.6. The van der Waals surface area contributed by atoms with Crippen molar-refractivity contribution in [2.45, 2.75) is 39.0 Å². The zero-order chi connectivity index (χ0) is 15.9. The van der Waals surface area contributed by atoms with Crippen LogP contribution >= 0.6 is 0 Å². The van der Waals surface area contributed by atoms with Crippen molar-refractivity contribution < 1.29 is 19.1 Å². The summed E-state index contributed by atoms with van der Waals surface area (Å²) >= 11 is 0. The van der Waals surface area contributed by atoms with E-state index in [0.717, 1.165) is 5.56 Å². The van der Waals surface area contributed by atoms with Gasteiger partial charge in [-0.1, -0.05) is 30.3 Å². The molecule has 0 fully saturated rings. The van der Waals surface area contributed by atoms with Crippen LogP contribution in [-0.4, -0.2) is 30.3 Å². The molecular weight excluding hydrogens is 272 g/mol. The Kier molecular flexibility index (Phi) is 6.17. The summed E-state index contributed by atoms with van der Waals surface area (Å²) in [4.78, 5) is 22.9. The van der Waals surface area contributed by atoms with Gasteiger partial charge in [-0.3, -0.25) is 4.79 Å². The predicted molar refractivity (Wildman–Crippen MR) is 78.5 cm³/mol. The molecular formula is C15H22N2O4. The molecule has 1 atom stereocenters. The highest BCUT2D eigenvalue weighted by atomic mass is 16.6. The van der Waals surface area contributed by atoms with Gasteiger partial charge in [-0.05, 0) is 26.3 Å². The summed E-state index contributed by atoms with van der Waals surface area (Å²) in [6.07, 6.45) is -0.699. The number of rotatable bonds is 6. The number of carbonyl (C=O) groups excluding carboxylic acids is 2. The number of ether oxygens (including phenoxy) is 2. The first-order valence-corrected chi connectivity index (χ1v) is 6.68. The van der Waals surface area contributed by atoms with Crippen molar-refractivity contribution in [2.75, 3.05) is 6.61 Å². The van der Waals surface area contributed by atoms with Crippen molar-refractivity contribution >= 4 is 12.0 Å². The van der Waals surface area contributed by atoms with Gasteiger partial charge in [-0.2, -0.15) is 0 Å². The molecule has 0 unspecified atom stereocenters. The van der Waals surface area contributed by atoms with E-state index in [2.05, 4.69) is 5.32 Å². The second-order valence-corrected chi connectivity index (χ2v) is 5.60. The van der Waals surface area contributed by atoms with Gasteiger partial charge in [-0.25, -0.2) is 4.79 Å². The van der Waals surface area contributed by atoms with Crippen LogP contribution in [0.25, 0.3) is 0 Å². The van der Waals surface area contributed by atoms with Crippen molar-refractivity contribution in [3.63, 3.8) is 0 Å². The number of hydrogen-bond acceptors (Lipinski definition) is 4. The number of hydrogen-bond donors (Lipinski definition) is 2. The van der Waals surface area contributed by atoms with E-state index in [1.807, 2.05) is 30.3 Å². The van der Waals surface area contributed by atoms with Crippen LogP contribution in [0.5, 0.6) is 0 Å². The summed E-state index contributed by atoms with van der Waals surface area (Å²) in [7, 11) is 0. The molecule has 0 bridgehead atoms. The molecule has 3 N–H and O–H groups in total. The zero-order valence-corrected chi connectivity index (χ0v) is 12.6. The number of amides is 2. The van der Waals surface area contributed by atoms with E-state index in [0.29, 0.717) is 6.61 Å². The molecule has 1 aromatic rings. The third-order valence-electron chi connectivity index (χ3n) is 2.43. The van der Waals surface area contributed by atoms with Gasteiger partial charge in [0.2, 0.25) is 5.91 Å². The fourth-order valence-electron chi connectivity index (χ4n) is 1.51. The largest absolute Gasteiger partial charge is 0.444 e. The number of nitrogens with one attached hydrogen (secondary N) is 1. The number of primary amides is 1. The van der Waals surface area contributed by atoms with E-state index in [4.69, 9.17) is 15.2 Å². The van der Waals surface area contributed by atoms with Crippen molar-refractivity contribution in [1.82, 2.24) is 5.32 Å². The molecule has 0 heterocycles. The summed E-state index contributed by atoms with van der Waals surface area (Å²) in [5, 5.41) is 2.40. The standard InChI is InChI=1S/C15H22N2O4/c1-15(2,3)21-14(19)17-12(13(16)18)10-20-9-11-7-5-4-6-8-11/h4-8,12H,9-10H2,1-3H3,(H2,16,18)(H,17,19)/t12-/m0/s1. The fourth-order valence-corrected chi connectivity index (χ4v) is 1.51. The first-order valence-electron chi connectivity index (χ1n) is 6.68. The average molecular weight is 294 g/mol. The lowest BCUT2D eigenvalue weighted by molar-refractivity contribution is -0.121. The number of nitrogens with two attached hydrogens (primary N) is 1. The second kappa shape index (κ2) is 7.64. The predicted octanol–water partition coefficient (Wildman–Crippen LogP) is 1.58. The maximum absolute atomic E-state index is 11.6. The highest BCUT2D eigenvalue weighted by Crippen LogP contribution is 2.07. The number of benzene rings is 1. The quantitative estimate of drug-likeness (QED) is 0.833. The van der Waals surface area contributed by atoms with Crippen molar-refractivity contribution in [3.8, 4) is 0 Å². The normalized spacial score (nSPS) is 12.5. The first-order chi connectivity index (χ1) is 9.78. The van der Waals surface area contributed by atoms with Gasteiger partial charge in [0.1, 0.15) is 11.6 Å². The van der Waals surface area contributed by atoms with Gasteiger partial charge in [0.25, 0.3) is 0 Å². The molecule has 0 saturated heterocycles. The Hall–Kier alpha value is -2.08. The van der Waals surface area contributed by atoms with Gasteiger partial charge < -0.3 is 20.5 Å². The van der Waals surface area contributed by atoms with E-state index in [1.54, 1.807) is 20.8 Å². The van der Waals surface area contributed by atoms with Crippen LogP contribution in [0.2, 0.25) is 0 Å². The lowest BCUT2D eigenvalue weighted by Gasteiger charge is -2.22. The Morgan fingerprint density at radius 3 is 2.38 bits per heavy atom. The highest BCUT2D eigenvalue weighted by molar-refractivity contribution is 5.84. The van der Waals surface area contributed by atoms with Crippen LogP contribution in [0, 0.1) is 0 Å². The van der Waals surface area contributed by atoms with E-state index in [-0.39, 0.29) is 6.61 Å². The molecule has 6 nitrogen and oxygen atoms in total. The lowest BCUT2D eigenvalue weighted by atomic mass is 10.2. The molecule has 0 saturated carbocycles. The highest BCUT2D eigenvalue weighted by Gasteiger charge is 2.22. The smallest absolute Gasteiger partial charge is 0.408 e. The van der Waals surface area contributed by atoms with E-state index >= 15 is 0 Å². The molecule has 1 rings (SSSR count). The second-order valence-electron chi connectivity index (χ2n) is 5.60. The summed E-state index contributed by atoms with van der Waals surface area (Å²) < 4.78 is 10.5. The minimum Gasteiger partial charge on any atom is -0.444 e. The SMILES string of the molecule is CC(C)(C)OC(=O)N[C@@H](COCc1ccccc1)C(N)=O. The van der Waals surface area contributed by atoms with E-state index < -0.39 is 23.6 Å². The molecule has 0 aromatic heterocycles. The molecule has 6 heteroatoms. The number of alkyl carbamates (subject to hydrolysis) is 1. The maximum Gasteiger partial charge on any atom is 0.408 e. The maximum atomic E-state index is 11.6. The van der Waals surface area contributed by atoms with Crippen molar-refractivity contribution in [2.24, 2.45) is 5.73 Å². The van der Waals surface area contributed by atoms with Crippen LogP contribution in [0.15, 0.2) is 30.3 Å². The molecule has 1 aromatic carbocycles. The summed E-state index contributed by atoms with van der Waals surface area (Å²) in [5.74, 6) is -0.672. The summed E-state index contributed by atoms with van der Waals surface area (Å²) in [5.41, 5.74) is 5.57. The molecule has 0 radical (unpaired) electrons. The van der Waals surface area contributed by atoms with E-state index in [1.165, 1.54) is 0 Å². The third kappa shape index (κ3) is 7.31. The van der Waals surface area contributed by atoms with Gasteiger partial charge >= 0.3 is 6.09 Å². The monoisotopic (exact) mass is 294 g/mol. The summed E-state index contributed by atoms with van der Waals surface area (Å²) in [6.45, 7) is 5.53. The average Bonchev–Trinajstić information content (AvgIpc) is 2.36. The van der Waals surface area contributed by atoms with Gasteiger partial charge in [0.15, 0.2) is 0 Å². The minimum absolute atomic E-state index is 0.0104. The minimum atomic E-state index is -0.927. The molecule has 0 spiro atoms. The van der Waals surface area contributed by atoms with Crippen LogP contribution in [0.3, 0.4) is 0 Å². The lowest BCUT2D eigenvalue weighted by Crippen LogP contribution is -2.48. The molecule has 0 aliphatic carbocycles. The molecule has 2 amide bonds. The first kappa shape index (κ1) is 17.0. The Morgan fingerprint density at radius 1 is 1.24 bits per heavy atom. The number of carbonyl (C=O) groups is 2. The van der Waals surface area contributed by atoms with Crippen LogP contribution in [-0.2, 0) is 20.9 Å². The Labute approximate surface area is 124 Å². The van der Waals surface area contributed by atoms with Gasteiger partial charge in [0.05, 0.1) is 13.2 Å². The van der Waals surface area contributed by atoms with Crippen LogP contribution < -0.4 is 11.1 Å². The van der Waals surface area contributed by atoms with Crippen molar-refractivity contribution in [3.05, 3.63) is 35.9 Å². The molecule has 0 aliphatic rings. The van der Waals surface area contributed by atoms with Gasteiger partial charge in [-0.15, -0.1) is 0 Å². The van der Waals surface area contributed by atoms with E-state index in [9.17, 15) is 9.59 Å². The molecule has 0 aliphatic heterocycles. The Balaban J connectivity index is 2.43. The molecule has 21 heavy (non-hydrogen) atoms.